The van der Waals surface area contributed by atoms with Gasteiger partial charge in [-0.15, -0.1) is 0 Å². The van der Waals surface area contributed by atoms with Crippen LogP contribution in [0.25, 0.3) is 0 Å². The first kappa shape index (κ1) is 11.5. The summed E-state index contributed by atoms with van der Waals surface area (Å²) in [7, 11) is 0. The van der Waals surface area contributed by atoms with Crippen molar-refractivity contribution in [3.05, 3.63) is 24.0 Å². The zero-order chi connectivity index (χ0) is 12.9. The summed E-state index contributed by atoms with van der Waals surface area (Å²) in [5.74, 6) is -0.146. The van der Waals surface area contributed by atoms with E-state index in [9.17, 15) is 9.18 Å². The van der Waals surface area contributed by atoms with Crippen LogP contribution in [0.3, 0.4) is 0 Å². The monoisotopic (exact) mass is 248 g/mol. The van der Waals surface area contributed by atoms with E-state index in [1.54, 1.807) is 6.07 Å². The van der Waals surface area contributed by atoms with Crippen molar-refractivity contribution in [2.45, 2.75) is 32.7 Å². The molecule has 1 heterocycles. The van der Waals surface area contributed by atoms with Crippen molar-refractivity contribution in [3.8, 4) is 0 Å². The maximum absolute atomic E-state index is 13.3. The number of nitrogens with one attached hydrogen (secondary N) is 1. The molecule has 3 nitrogen and oxygen atoms in total. The Hall–Kier alpha value is -1.58. The highest BCUT2D eigenvalue weighted by Crippen LogP contribution is 2.41. The Balaban J connectivity index is 2.10. The van der Waals surface area contributed by atoms with Gasteiger partial charge in [-0.2, -0.15) is 0 Å². The van der Waals surface area contributed by atoms with Crippen LogP contribution < -0.4 is 10.2 Å². The van der Waals surface area contributed by atoms with Crippen molar-refractivity contribution < 1.29 is 9.18 Å². The summed E-state index contributed by atoms with van der Waals surface area (Å²) in [5, 5.41) is 3.20. The molecule has 0 radical (unpaired) electrons. The number of nitrogens with zero attached hydrogens (tertiary/aromatic N) is 1. The van der Waals surface area contributed by atoms with Gasteiger partial charge in [0.2, 0.25) is 5.91 Å². The molecular formula is C14H17FN2O. The minimum absolute atomic E-state index is 0.128. The van der Waals surface area contributed by atoms with Crippen molar-refractivity contribution in [1.82, 2.24) is 0 Å². The normalized spacial score (nSPS) is 22.2. The van der Waals surface area contributed by atoms with Gasteiger partial charge in [0.1, 0.15) is 5.82 Å². The fourth-order valence-electron chi connectivity index (χ4n) is 2.38. The lowest BCUT2D eigenvalue weighted by Gasteiger charge is -2.28. The maximum Gasteiger partial charge on any atom is 0.234 e. The predicted molar refractivity (Wildman–Crippen MR) is 69.2 cm³/mol. The number of halogens is 1. The van der Waals surface area contributed by atoms with Gasteiger partial charge in [-0.1, -0.05) is 0 Å². The highest BCUT2D eigenvalue weighted by Gasteiger charge is 2.43. The van der Waals surface area contributed by atoms with Crippen molar-refractivity contribution in [3.63, 3.8) is 0 Å². The van der Waals surface area contributed by atoms with Crippen LogP contribution in [0.1, 0.15) is 26.7 Å². The SMILES string of the molecule is CC1(C)CNc2cc(F)ccc2N(C2CC2)C1=O. The van der Waals surface area contributed by atoms with Crippen LogP contribution in [0.5, 0.6) is 0 Å². The largest absolute Gasteiger partial charge is 0.382 e. The van der Waals surface area contributed by atoms with Gasteiger partial charge in [0.25, 0.3) is 0 Å². The molecule has 1 aliphatic heterocycles. The van der Waals surface area contributed by atoms with E-state index in [0.717, 1.165) is 24.2 Å². The van der Waals surface area contributed by atoms with Gasteiger partial charge in [-0.3, -0.25) is 4.79 Å². The molecule has 1 aliphatic carbocycles. The number of anilines is 2. The van der Waals surface area contributed by atoms with Crippen LogP contribution >= 0.6 is 0 Å². The van der Waals surface area contributed by atoms with E-state index in [1.165, 1.54) is 12.1 Å². The lowest BCUT2D eigenvalue weighted by molar-refractivity contribution is -0.125. The molecular weight excluding hydrogens is 231 g/mol. The molecule has 96 valence electrons. The quantitative estimate of drug-likeness (QED) is 0.828. The zero-order valence-electron chi connectivity index (χ0n) is 10.7. The molecule has 2 aliphatic rings. The Morgan fingerprint density at radius 1 is 1.39 bits per heavy atom. The summed E-state index contributed by atoms with van der Waals surface area (Å²) >= 11 is 0. The minimum Gasteiger partial charge on any atom is -0.382 e. The first-order chi connectivity index (χ1) is 8.49. The summed E-state index contributed by atoms with van der Waals surface area (Å²) in [5.41, 5.74) is 1.08. The molecule has 1 aromatic carbocycles. The van der Waals surface area contributed by atoms with E-state index >= 15 is 0 Å². The van der Waals surface area contributed by atoms with Gasteiger partial charge >= 0.3 is 0 Å². The van der Waals surface area contributed by atoms with Gasteiger partial charge in [-0.05, 0) is 44.9 Å². The Labute approximate surface area is 106 Å². The number of rotatable bonds is 1. The molecule has 0 atom stereocenters. The molecule has 1 saturated carbocycles. The molecule has 0 unspecified atom stereocenters. The van der Waals surface area contributed by atoms with Gasteiger partial charge in [0, 0.05) is 12.6 Å². The molecule has 4 heteroatoms. The van der Waals surface area contributed by atoms with E-state index in [-0.39, 0.29) is 11.7 Å². The minimum atomic E-state index is -0.460. The third-order valence-corrected chi connectivity index (χ3v) is 3.65. The number of carbonyl (C=O) groups excluding carboxylic acids is 1. The highest BCUT2D eigenvalue weighted by atomic mass is 19.1. The van der Waals surface area contributed by atoms with Crippen molar-refractivity contribution >= 4 is 17.3 Å². The zero-order valence-corrected chi connectivity index (χ0v) is 10.7. The van der Waals surface area contributed by atoms with Crippen molar-refractivity contribution in [1.29, 1.82) is 0 Å². The summed E-state index contributed by atoms with van der Waals surface area (Å²) in [6.45, 7) is 4.39. The molecule has 0 aromatic heterocycles. The molecule has 1 N–H and O–H groups in total. The molecule has 1 fully saturated rings. The number of carbonyl (C=O) groups is 1. The standard InChI is InChI=1S/C14H17FN2O/c1-14(2)8-16-11-7-9(15)3-6-12(11)17(13(14)18)10-4-5-10/h3,6-7,10,16H,4-5,8H2,1-2H3. The average Bonchev–Trinajstić information content (AvgIpc) is 3.12. The van der Waals surface area contributed by atoms with Crippen LogP contribution in [-0.2, 0) is 4.79 Å². The van der Waals surface area contributed by atoms with Gasteiger partial charge in [-0.25, -0.2) is 4.39 Å². The second-order valence-electron chi connectivity index (χ2n) is 5.81. The first-order valence-corrected chi connectivity index (χ1v) is 6.36. The molecule has 0 bridgehead atoms. The smallest absolute Gasteiger partial charge is 0.234 e. The molecule has 1 aromatic rings. The van der Waals surface area contributed by atoms with Crippen LogP contribution in [0.4, 0.5) is 15.8 Å². The Bertz CT molecular complexity index is 509. The predicted octanol–water partition coefficient (Wildman–Crippen LogP) is 2.77. The number of hydrogen-bond acceptors (Lipinski definition) is 2. The van der Waals surface area contributed by atoms with E-state index in [1.807, 2.05) is 18.7 Å². The highest BCUT2D eigenvalue weighted by molar-refractivity contribution is 6.02. The van der Waals surface area contributed by atoms with E-state index in [2.05, 4.69) is 5.32 Å². The maximum atomic E-state index is 13.3. The van der Waals surface area contributed by atoms with Crippen molar-refractivity contribution in [2.75, 3.05) is 16.8 Å². The molecule has 0 spiro atoms. The summed E-state index contributed by atoms with van der Waals surface area (Å²) in [6, 6.07) is 4.89. The Kier molecular flexibility index (Phi) is 2.37. The third-order valence-electron chi connectivity index (χ3n) is 3.65. The first-order valence-electron chi connectivity index (χ1n) is 6.36. The van der Waals surface area contributed by atoms with Gasteiger partial charge in [0.15, 0.2) is 0 Å². The molecule has 1 amide bonds. The van der Waals surface area contributed by atoms with Gasteiger partial charge < -0.3 is 10.2 Å². The average molecular weight is 248 g/mol. The third kappa shape index (κ3) is 1.76. The fourth-order valence-corrected chi connectivity index (χ4v) is 2.38. The summed E-state index contributed by atoms with van der Waals surface area (Å²) in [6.07, 6.45) is 2.08. The van der Waals surface area contributed by atoms with E-state index in [0.29, 0.717) is 12.6 Å². The van der Waals surface area contributed by atoms with E-state index in [4.69, 9.17) is 0 Å². The summed E-state index contributed by atoms with van der Waals surface area (Å²) < 4.78 is 13.3. The van der Waals surface area contributed by atoms with Gasteiger partial charge in [0.05, 0.1) is 16.8 Å². The number of benzene rings is 1. The van der Waals surface area contributed by atoms with Crippen LogP contribution in [0, 0.1) is 11.2 Å². The number of hydrogen-bond donors (Lipinski definition) is 1. The number of fused-ring (bicyclic) bond motifs is 1. The second-order valence-corrected chi connectivity index (χ2v) is 5.81. The summed E-state index contributed by atoms with van der Waals surface area (Å²) in [4.78, 5) is 14.4. The van der Waals surface area contributed by atoms with Crippen LogP contribution in [0.2, 0.25) is 0 Å². The molecule has 0 saturated heterocycles. The lowest BCUT2D eigenvalue weighted by Crippen LogP contribution is -2.43. The topological polar surface area (TPSA) is 32.3 Å². The van der Waals surface area contributed by atoms with Crippen LogP contribution in [-0.4, -0.2) is 18.5 Å². The van der Waals surface area contributed by atoms with Crippen LogP contribution in [0.15, 0.2) is 18.2 Å². The lowest BCUT2D eigenvalue weighted by atomic mass is 9.92. The van der Waals surface area contributed by atoms with Crippen molar-refractivity contribution in [2.24, 2.45) is 5.41 Å². The Morgan fingerprint density at radius 3 is 2.78 bits per heavy atom. The second kappa shape index (κ2) is 3.70. The Morgan fingerprint density at radius 2 is 2.11 bits per heavy atom. The molecule has 18 heavy (non-hydrogen) atoms. The van der Waals surface area contributed by atoms with E-state index < -0.39 is 5.41 Å². The fraction of sp³-hybridized carbons (Fsp3) is 0.500. The molecule has 3 rings (SSSR count). The number of amides is 1.